The minimum absolute atomic E-state index is 0.661. The fourth-order valence-electron chi connectivity index (χ4n) is 2.76. The highest BCUT2D eigenvalue weighted by molar-refractivity contribution is 4.89. The Morgan fingerprint density at radius 1 is 1.42 bits per heavy atom. The molecule has 2 heterocycles. The third kappa shape index (κ3) is 4.28. The zero-order valence-corrected chi connectivity index (χ0v) is 12.2. The van der Waals surface area contributed by atoms with Crippen LogP contribution in [0.4, 0.5) is 0 Å². The van der Waals surface area contributed by atoms with Gasteiger partial charge >= 0.3 is 0 Å². The number of nitrogens with one attached hydrogen (secondary N) is 1. The molecule has 0 bridgehead atoms. The quantitative estimate of drug-likeness (QED) is 0.818. The topological polar surface area (TPSA) is 54.2 Å². The van der Waals surface area contributed by atoms with E-state index in [9.17, 15) is 0 Å². The fourth-order valence-corrected chi connectivity index (χ4v) is 2.76. The molecule has 1 aromatic heterocycles. The van der Waals surface area contributed by atoms with Gasteiger partial charge in [-0.25, -0.2) is 0 Å². The van der Waals surface area contributed by atoms with E-state index in [0.29, 0.717) is 6.04 Å². The Bertz CT molecular complexity index is 366. The lowest BCUT2D eigenvalue weighted by Gasteiger charge is -2.34. The first-order valence-corrected chi connectivity index (χ1v) is 7.53. The summed E-state index contributed by atoms with van der Waals surface area (Å²) in [5, 5.41) is 7.34. The number of rotatable bonds is 7. The van der Waals surface area contributed by atoms with Crippen molar-refractivity contribution in [3.8, 4) is 0 Å². The molecule has 0 radical (unpaired) electrons. The summed E-state index contributed by atoms with van der Waals surface area (Å²) in [7, 11) is 2.02. The minimum atomic E-state index is 0.661. The molecule has 0 spiro atoms. The van der Waals surface area contributed by atoms with E-state index in [1.165, 1.54) is 25.7 Å². The number of hydrogen-bond acceptors (Lipinski definition) is 5. The van der Waals surface area contributed by atoms with Crippen LogP contribution in [0.2, 0.25) is 0 Å². The van der Waals surface area contributed by atoms with Gasteiger partial charge in [-0.2, -0.15) is 4.98 Å². The van der Waals surface area contributed by atoms with E-state index < -0.39 is 0 Å². The summed E-state index contributed by atoms with van der Waals surface area (Å²) in [6, 6.07) is 0.661. The molecule has 1 aromatic rings. The maximum Gasteiger partial charge on any atom is 0.226 e. The first-order chi connectivity index (χ1) is 9.33. The first kappa shape index (κ1) is 14.5. The smallest absolute Gasteiger partial charge is 0.226 e. The van der Waals surface area contributed by atoms with Crippen molar-refractivity contribution in [2.24, 2.45) is 0 Å². The third-order valence-electron chi connectivity index (χ3n) is 3.80. The normalized spacial score (nSPS) is 20.8. The van der Waals surface area contributed by atoms with Crippen molar-refractivity contribution < 1.29 is 4.52 Å². The van der Waals surface area contributed by atoms with Gasteiger partial charge in [0.15, 0.2) is 5.82 Å². The van der Waals surface area contributed by atoms with Gasteiger partial charge in [0.25, 0.3) is 0 Å². The van der Waals surface area contributed by atoms with Crippen molar-refractivity contribution in [2.75, 3.05) is 20.1 Å². The second-order valence-corrected chi connectivity index (χ2v) is 5.37. The second-order valence-electron chi connectivity index (χ2n) is 5.37. The predicted molar refractivity (Wildman–Crippen MR) is 74.9 cm³/mol. The Morgan fingerprint density at radius 2 is 2.32 bits per heavy atom. The highest BCUT2D eigenvalue weighted by Gasteiger charge is 2.23. The van der Waals surface area contributed by atoms with Crippen LogP contribution in [0.25, 0.3) is 0 Å². The van der Waals surface area contributed by atoms with E-state index in [0.717, 1.165) is 44.2 Å². The van der Waals surface area contributed by atoms with Crippen molar-refractivity contribution in [2.45, 2.75) is 58.0 Å². The molecule has 5 heteroatoms. The summed E-state index contributed by atoms with van der Waals surface area (Å²) in [6.07, 6.45) is 7.07. The Hall–Kier alpha value is -0.940. The van der Waals surface area contributed by atoms with E-state index in [2.05, 4.69) is 27.3 Å². The third-order valence-corrected chi connectivity index (χ3v) is 3.80. The standard InChI is InChI=1S/C14H26N4O/c1-3-6-14-16-13(17-19-14)11-18-10-5-4-7-12(18)8-9-15-2/h12,15H,3-11H2,1-2H3. The number of likely N-dealkylation sites (tertiary alicyclic amines) is 1. The van der Waals surface area contributed by atoms with Gasteiger partial charge in [-0.1, -0.05) is 18.5 Å². The molecule has 1 atom stereocenters. The Morgan fingerprint density at radius 3 is 3.11 bits per heavy atom. The number of hydrogen-bond donors (Lipinski definition) is 1. The van der Waals surface area contributed by atoms with Gasteiger partial charge in [0, 0.05) is 12.5 Å². The largest absolute Gasteiger partial charge is 0.339 e. The predicted octanol–water partition coefficient (Wildman–Crippen LogP) is 1.99. The molecule has 1 aliphatic rings. The van der Waals surface area contributed by atoms with Crippen molar-refractivity contribution in [3.63, 3.8) is 0 Å². The van der Waals surface area contributed by atoms with Crippen molar-refractivity contribution in [1.82, 2.24) is 20.4 Å². The average molecular weight is 266 g/mol. The molecular weight excluding hydrogens is 240 g/mol. The van der Waals surface area contributed by atoms with Crippen LogP contribution in [0.1, 0.15) is 50.7 Å². The number of piperidine rings is 1. The SMILES string of the molecule is CCCc1nc(CN2CCCCC2CCNC)no1. The van der Waals surface area contributed by atoms with Gasteiger partial charge in [0.2, 0.25) is 5.89 Å². The molecule has 5 nitrogen and oxygen atoms in total. The number of nitrogens with zero attached hydrogens (tertiary/aromatic N) is 3. The summed E-state index contributed by atoms with van der Waals surface area (Å²) in [6.45, 7) is 5.20. The molecule has 108 valence electrons. The molecule has 1 fully saturated rings. The van der Waals surface area contributed by atoms with Gasteiger partial charge in [0.1, 0.15) is 0 Å². The van der Waals surface area contributed by atoms with Gasteiger partial charge in [-0.3, -0.25) is 4.90 Å². The average Bonchev–Trinajstić information content (AvgIpc) is 2.86. The van der Waals surface area contributed by atoms with Gasteiger partial charge in [-0.05, 0) is 45.8 Å². The van der Waals surface area contributed by atoms with Crippen LogP contribution in [-0.4, -0.2) is 41.2 Å². The van der Waals surface area contributed by atoms with Crippen LogP contribution >= 0.6 is 0 Å². The van der Waals surface area contributed by atoms with Crippen LogP contribution in [0, 0.1) is 0 Å². The Balaban J connectivity index is 1.90. The highest BCUT2D eigenvalue weighted by Crippen LogP contribution is 2.21. The first-order valence-electron chi connectivity index (χ1n) is 7.53. The molecule has 0 amide bonds. The maximum absolute atomic E-state index is 5.26. The van der Waals surface area contributed by atoms with Crippen LogP contribution in [0.15, 0.2) is 4.52 Å². The molecule has 0 aliphatic carbocycles. The van der Waals surface area contributed by atoms with Crippen molar-refractivity contribution >= 4 is 0 Å². The van der Waals surface area contributed by atoms with Crippen LogP contribution in [-0.2, 0) is 13.0 Å². The van der Waals surface area contributed by atoms with E-state index >= 15 is 0 Å². The maximum atomic E-state index is 5.26. The molecule has 0 saturated carbocycles. The van der Waals surface area contributed by atoms with Crippen LogP contribution in [0.3, 0.4) is 0 Å². The molecule has 1 unspecified atom stereocenters. The number of aromatic nitrogens is 2. The molecule has 19 heavy (non-hydrogen) atoms. The molecule has 1 aliphatic heterocycles. The van der Waals surface area contributed by atoms with E-state index in [1.54, 1.807) is 0 Å². The van der Waals surface area contributed by atoms with Crippen LogP contribution in [0.5, 0.6) is 0 Å². The van der Waals surface area contributed by atoms with Crippen molar-refractivity contribution in [1.29, 1.82) is 0 Å². The van der Waals surface area contributed by atoms with Crippen molar-refractivity contribution in [3.05, 3.63) is 11.7 Å². The molecule has 1 saturated heterocycles. The van der Waals surface area contributed by atoms with E-state index in [-0.39, 0.29) is 0 Å². The van der Waals surface area contributed by atoms with Gasteiger partial charge in [-0.15, -0.1) is 0 Å². The van der Waals surface area contributed by atoms with E-state index in [4.69, 9.17) is 4.52 Å². The fraction of sp³-hybridized carbons (Fsp3) is 0.857. The highest BCUT2D eigenvalue weighted by atomic mass is 16.5. The summed E-state index contributed by atoms with van der Waals surface area (Å²) < 4.78 is 5.26. The summed E-state index contributed by atoms with van der Waals surface area (Å²) >= 11 is 0. The Kier molecular flexibility index (Phi) is 5.79. The lowest BCUT2D eigenvalue weighted by atomic mass is 9.99. The molecule has 0 aromatic carbocycles. The monoisotopic (exact) mass is 266 g/mol. The summed E-state index contributed by atoms with van der Waals surface area (Å²) in [5.41, 5.74) is 0. The van der Waals surface area contributed by atoms with Gasteiger partial charge < -0.3 is 9.84 Å². The summed E-state index contributed by atoms with van der Waals surface area (Å²) in [4.78, 5) is 6.99. The van der Waals surface area contributed by atoms with Gasteiger partial charge in [0.05, 0.1) is 6.54 Å². The molecule has 2 rings (SSSR count). The second kappa shape index (κ2) is 7.60. The van der Waals surface area contributed by atoms with E-state index in [1.807, 2.05) is 7.05 Å². The molecule has 1 N–H and O–H groups in total. The lowest BCUT2D eigenvalue weighted by molar-refractivity contribution is 0.128. The number of aryl methyl sites for hydroxylation is 1. The Labute approximate surface area is 115 Å². The summed E-state index contributed by atoms with van der Waals surface area (Å²) in [5.74, 6) is 1.63. The molecular formula is C14H26N4O. The zero-order valence-electron chi connectivity index (χ0n) is 12.2. The van der Waals surface area contributed by atoms with Crippen LogP contribution < -0.4 is 5.32 Å². The minimum Gasteiger partial charge on any atom is -0.339 e. The zero-order chi connectivity index (χ0) is 13.5. The lowest BCUT2D eigenvalue weighted by Crippen LogP contribution is -2.40.